The molecule has 0 saturated carbocycles. The van der Waals surface area contributed by atoms with E-state index in [1.807, 2.05) is 0 Å². The number of fused-ring (bicyclic) bond motifs is 10. The fraction of sp³-hybridized carbons (Fsp3) is 0. The minimum atomic E-state index is -3.72. The van der Waals surface area contributed by atoms with E-state index < -0.39 is 13.3 Å². The predicted octanol–water partition coefficient (Wildman–Crippen LogP) is 11.4. The third-order valence-electron chi connectivity index (χ3n) is 13.2. The van der Waals surface area contributed by atoms with Gasteiger partial charge in [-0.1, -0.05) is 24.3 Å². The van der Waals surface area contributed by atoms with Crippen molar-refractivity contribution in [2.24, 2.45) is 0 Å². The number of aromatic nitrogens is 4. The van der Waals surface area contributed by atoms with E-state index in [-0.39, 0.29) is 0 Å². The van der Waals surface area contributed by atoms with Gasteiger partial charge in [-0.05, 0) is 12.1 Å². The molecule has 4 heterocycles. The van der Waals surface area contributed by atoms with Gasteiger partial charge in [0.1, 0.15) is 0 Å². The number of hydrogen-bond donors (Lipinski definition) is 0. The zero-order valence-corrected chi connectivity index (χ0v) is 36.3. The molecule has 294 valence electrons. The number of benzene rings is 9. The average Bonchev–Trinajstić information content (AvgIpc) is 3.99. The molecule has 63 heavy (non-hydrogen) atoms. The fourth-order valence-corrected chi connectivity index (χ4v) is 21.6. The average molecular weight is 864 g/mol. The van der Waals surface area contributed by atoms with Gasteiger partial charge in [-0.2, -0.15) is 0 Å². The molecular weight excluding hydrogens is 825 g/mol. The van der Waals surface area contributed by atoms with Crippen molar-refractivity contribution in [2.45, 2.75) is 0 Å². The van der Waals surface area contributed by atoms with E-state index in [0.29, 0.717) is 0 Å². The number of para-hydroxylation sites is 3. The first-order valence-corrected chi connectivity index (χ1v) is 25.8. The Labute approximate surface area is 367 Å². The van der Waals surface area contributed by atoms with Gasteiger partial charge in [-0.15, -0.1) is 0 Å². The summed E-state index contributed by atoms with van der Waals surface area (Å²) in [5, 5.41) is 4.95. The van der Waals surface area contributed by atoms with Crippen molar-refractivity contribution in [3.63, 3.8) is 0 Å². The van der Waals surface area contributed by atoms with Crippen LogP contribution in [0, 0.1) is 0 Å². The Morgan fingerprint density at radius 2 is 0.889 bits per heavy atom. The van der Waals surface area contributed by atoms with Crippen LogP contribution in [0.15, 0.2) is 231 Å². The molecule has 5 heteroatoms. The molecule has 0 aliphatic carbocycles. The van der Waals surface area contributed by atoms with E-state index in [2.05, 4.69) is 240 Å². The SMILES string of the molecule is c1ccc(-c2nc(-c3ccc(-n4c5ccccc5c5ccc6c(c7ccccc7n6-c6ccccc6)c54)cc3)[c]3c(n2)-c2cccc[c]2[Ge]3([c]2ccccc2)[c]2ccccc2)cc1. The van der Waals surface area contributed by atoms with E-state index in [0.717, 1.165) is 39.7 Å². The Morgan fingerprint density at radius 1 is 0.349 bits per heavy atom. The van der Waals surface area contributed by atoms with Crippen LogP contribution in [0.5, 0.6) is 0 Å². The molecule has 3 aromatic heterocycles. The van der Waals surface area contributed by atoms with Gasteiger partial charge in [0.05, 0.1) is 0 Å². The molecule has 0 radical (unpaired) electrons. The molecule has 9 aromatic carbocycles. The van der Waals surface area contributed by atoms with Crippen molar-refractivity contribution in [3.05, 3.63) is 231 Å². The van der Waals surface area contributed by atoms with Crippen molar-refractivity contribution in [2.75, 3.05) is 0 Å². The molecule has 0 bridgehead atoms. The third-order valence-corrected chi connectivity index (χ3v) is 23.4. The second-order valence-electron chi connectivity index (χ2n) is 16.5. The van der Waals surface area contributed by atoms with Gasteiger partial charge in [0.2, 0.25) is 0 Å². The number of rotatable bonds is 6. The van der Waals surface area contributed by atoms with Crippen molar-refractivity contribution in [1.29, 1.82) is 0 Å². The summed E-state index contributed by atoms with van der Waals surface area (Å²) in [7, 11) is 0. The van der Waals surface area contributed by atoms with Crippen LogP contribution >= 0.6 is 0 Å². The normalized spacial score (nSPS) is 12.9. The summed E-state index contributed by atoms with van der Waals surface area (Å²) in [5.41, 5.74) is 12.4. The molecule has 0 saturated heterocycles. The van der Waals surface area contributed by atoms with Gasteiger partial charge in [-0.3, -0.25) is 0 Å². The van der Waals surface area contributed by atoms with E-state index in [9.17, 15) is 0 Å². The zero-order chi connectivity index (χ0) is 41.5. The first-order chi connectivity index (χ1) is 31.3. The number of nitrogens with zero attached hydrogens (tertiary/aromatic N) is 4. The third kappa shape index (κ3) is 5.22. The zero-order valence-electron chi connectivity index (χ0n) is 34.2. The topological polar surface area (TPSA) is 35.6 Å². The Kier molecular flexibility index (Phi) is 8.05. The molecule has 1 aliphatic heterocycles. The Hall–Kier alpha value is -7.80. The van der Waals surface area contributed by atoms with Gasteiger partial charge in [0.25, 0.3) is 0 Å². The molecule has 0 spiro atoms. The maximum atomic E-state index is 5.64. The summed E-state index contributed by atoms with van der Waals surface area (Å²) in [6, 6.07) is 84.0. The molecule has 0 atom stereocenters. The van der Waals surface area contributed by atoms with Crippen LogP contribution in [0.3, 0.4) is 0 Å². The van der Waals surface area contributed by atoms with Crippen LogP contribution in [0.4, 0.5) is 0 Å². The first-order valence-electron chi connectivity index (χ1n) is 21.6. The summed E-state index contributed by atoms with van der Waals surface area (Å²) < 4.78 is 10.3. The Balaban J connectivity index is 1.09. The first kappa shape index (κ1) is 35.9. The summed E-state index contributed by atoms with van der Waals surface area (Å²) in [4.78, 5) is 11.2. The van der Waals surface area contributed by atoms with Crippen LogP contribution in [-0.4, -0.2) is 32.4 Å². The Morgan fingerprint density at radius 3 is 1.59 bits per heavy atom. The van der Waals surface area contributed by atoms with E-state index in [1.165, 1.54) is 66.8 Å². The number of hydrogen-bond acceptors (Lipinski definition) is 2. The summed E-state index contributed by atoms with van der Waals surface area (Å²) in [6.07, 6.45) is 0. The van der Waals surface area contributed by atoms with Crippen LogP contribution in [0.2, 0.25) is 0 Å². The molecule has 1 aliphatic rings. The van der Waals surface area contributed by atoms with Gasteiger partial charge < -0.3 is 0 Å². The molecular formula is C58H38GeN4. The van der Waals surface area contributed by atoms with Crippen LogP contribution in [0.1, 0.15) is 0 Å². The molecule has 0 unspecified atom stereocenters. The second-order valence-corrected chi connectivity index (χ2v) is 24.2. The summed E-state index contributed by atoms with van der Waals surface area (Å²) in [5.74, 6) is 0.738. The monoisotopic (exact) mass is 864 g/mol. The molecule has 0 N–H and O–H groups in total. The van der Waals surface area contributed by atoms with E-state index in [1.54, 1.807) is 0 Å². The van der Waals surface area contributed by atoms with Crippen molar-refractivity contribution < 1.29 is 0 Å². The molecule has 13 rings (SSSR count). The quantitative estimate of drug-likeness (QED) is 0.156. The van der Waals surface area contributed by atoms with Gasteiger partial charge >= 0.3 is 333 Å². The standard InChI is InChI=1S/C58H38GeN4/c1-5-19-40(20-6-1)58-60-55(54-56(61-58)47-28-13-16-30-49(47)59(54,41-21-7-2-8-22-41)42-23-9-3-10-24-42)39-33-35-44(36-34-39)63-50-31-17-14-27-45(50)46-37-38-52-53(57(46)63)48-29-15-18-32-51(48)62(52)43-25-11-4-12-26-43/h1-38H. The van der Waals surface area contributed by atoms with Gasteiger partial charge in [-0.25, -0.2) is 0 Å². The van der Waals surface area contributed by atoms with Crippen molar-refractivity contribution >= 4 is 74.5 Å². The van der Waals surface area contributed by atoms with E-state index in [4.69, 9.17) is 9.97 Å². The molecule has 0 fully saturated rings. The molecule has 12 aromatic rings. The maximum absolute atomic E-state index is 5.64. The van der Waals surface area contributed by atoms with Crippen molar-refractivity contribution in [3.8, 4) is 45.3 Å². The second kappa shape index (κ2) is 14.1. The van der Waals surface area contributed by atoms with Gasteiger partial charge in [0, 0.05) is 0 Å². The van der Waals surface area contributed by atoms with Crippen LogP contribution in [0.25, 0.3) is 88.9 Å². The summed E-state index contributed by atoms with van der Waals surface area (Å²) in [6.45, 7) is 0. The van der Waals surface area contributed by atoms with Crippen LogP contribution in [-0.2, 0) is 0 Å². The Bertz CT molecular complexity index is 3670. The van der Waals surface area contributed by atoms with Crippen LogP contribution < -0.4 is 17.6 Å². The predicted molar refractivity (Wildman–Crippen MR) is 264 cm³/mol. The van der Waals surface area contributed by atoms with E-state index >= 15 is 0 Å². The fourth-order valence-electron chi connectivity index (χ4n) is 10.6. The molecule has 0 amide bonds. The van der Waals surface area contributed by atoms with Crippen molar-refractivity contribution in [1.82, 2.24) is 19.1 Å². The van der Waals surface area contributed by atoms with Gasteiger partial charge in [0.15, 0.2) is 0 Å². The minimum absolute atomic E-state index is 0.738. The molecule has 4 nitrogen and oxygen atoms in total. The summed E-state index contributed by atoms with van der Waals surface area (Å²) >= 11 is -3.72.